The lowest BCUT2D eigenvalue weighted by Crippen LogP contribution is -2.23. The number of nitrogens with zero attached hydrogens (tertiary/aromatic N) is 1. The Bertz CT molecular complexity index is 549. The Balaban J connectivity index is 2.01. The van der Waals surface area contributed by atoms with Gasteiger partial charge in [-0.15, -0.1) is 0 Å². The quantitative estimate of drug-likeness (QED) is 0.895. The molecule has 1 aromatic carbocycles. The van der Waals surface area contributed by atoms with Gasteiger partial charge in [-0.25, -0.2) is 0 Å². The molecule has 5 nitrogen and oxygen atoms in total. The summed E-state index contributed by atoms with van der Waals surface area (Å²) >= 11 is 0. The van der Waals surface area contributed by atoms with Crippen LogP contribution in [0, 0.1) is 6.92 Å². The summed E-state index contributed by atoms with van der Waals surface area (Å²) in [4.78, 5) is 11.8. The van der Waals surface area contributed by atoms with Crippen LogP contribution >= 0.6 is 0 Å². The molecule has 94 valence electrons. The maximum Gasteiger partial charge on any atom is 0.273 e. The standard InChI is InChI=1S/C13H14N2O3/c1-9-7-11(15-18-9)13(16)14-8-10-5-3-4-6-12(10)17-2/h3-7H,8H2,1-2H3,(H,14,16). The van der Waals surface area contributed by atoms with E-state index in [-0.39, 0.29) is 11.6 Å². The first-order valence-electron chi connectivity index (χ1n) is 5.54. The number of carbonyl (C=O) groups excluding carboxylic acids is 1. The van der Waals surface area contributed by atoms with E-state index in [1.807, 2.05) is 24.3 Å². The summed E-state index contributed by atoms with van der Waals surface area (Å²) in [6, 6.07) is 9.11. The van der Waals surface area contributed by atoms with Crippen molar-refractivity contribution in [3.63, 3.8) is 0 Å². The smallest absolute Gasteiger partial charge is 0.273 e. The van der Waals surface area contributed by atoms with Crippen LogP contribution in [0.4, 0.5) is 0 Å². The zero-order valence-corrected chi connectivity index (χ0v) is 10.3. The molecule has 1 heterocycles. The minimum absolute atomic E-state index is 0.266. The van der Waals surface area contributed by atoms with Crippen molar-refractivity contribution in [2.24, 2.45) is 0 Å². The number of methoxy groups -OCH3 is 1. The number of hydrogen-bond donors (Lipinski definition) is 1. The number of benzene rings is 1. The SMILES string of the molecule is COc1ccccc1CNC(=O)c1cc(C)on1. The highest BCUT2D eigenvalue weighted by Crippen LogP contribution is 2.16. The number of ether oxygens (including phenoxy) is 1. The molecule has 0 saturated carbocycles. The van der Waals surface area contributed by atoms with Crippen molar-refractivity contribution >= 4 is 5.91 Å². The van der Waals surface area contributed by atoms with Gasteiger partial charge in [0.15, 0.2) is 5.69 Å². The highest BCUT2D eigenvalue weighted by molar-refractivity contribution is 5.92. The summed E-state index contributed by atoms with van der Waals surface area (Å²) in [5.74, 6) is 1.09. The molecule has 0 aliphatic rings. The van der Waals surface area contributed by atoms with Gasteiger partial charge in [0.05, 0.1) is 7.11 Å². The van der Waals surface area contributed by atoms with Crippen molar-refractivity contribution in [3.05, 3.63) is 47.3 Å². The fourth-order valence-electron chi connectivity index (χ4n) is 1.59. The molecule has 0 radical (unpaired) electrons. The first kappa shape index (κ1) is 12.2. The Morgan fingerprint density at radius 2 is 2.22 bits per heavy atom. The lowest BCUT2D eigenvalue weighted by molar-refractivity contribution is 0.0941. The molecule has 2 aromatic rings. The van der Waals surface area contributed by atoms with Crippen LogP contribution in [0.3, 0.4) is 0 Å². The van der Waals surface area contributed by atoms with Gasteiger partial charge in [-0.05, 0) is 13.0 Å². The molecule has 0 fully saturated rings. The van der Waals surface area contributed by atoms with Gasteiger partial charge in [-0.2, -0.15) is 0 Å². The van der Waals surface area contributed by atoms with Gasteiger partial charge in [-0.3, -0.25) is 4.79 Å². The second-order valence-corrected chi connectivity index (χ2v) is 3.82. The van der Waals surface area contributed by atoms with Crippen LogP contribution in [0.2, 0.25) is 0 Å². The van der Waals surface area contributed by atoms with E-state index >= 15 is 0 Å². The van der Waals surface area contributed by atoms with E-state index in [2.05, 4.69) is 10.5 Å². The second-order valence-electron chi connectivity index (χ2n) is 3.82. The predicted molar refractivity (Wildman–Crippen MR) is 65.4 cm³/mol. The van der Waals surface area contributed by atoms with Crippen molar-refractivity contribution in [2.45, 2.75) is 13.5 Å². The first-order valence-corrected chi connectivity index (χ1v) is 5.54. The fraction of sp³-hybridized carbons (Fsp3) is 0.231. The largest absolute Gasteiger partial charge is 0.496 e. The molecule has 0 unspecified atom stereocenters. The van der Waals surface area contributed by atoms with Gasteiger partial charge in [0.25, 0.3) is 5.91 Å². The number of aryl methyl sites for hydroxylation is 1. The van der Waals surface area contributed by atoms with Crippen LogP contribution in [0.25, 0.3) is 0 Å². The number of amides is 1. The van der Waals surface area contributed by atoms with Crippen molar-refractivity contribution in [1.82, 2.24) is 10.5 Å². The molecular formula is C13H14N2O3. The molecule has 0 aliphatic heterocycles. The van der Waals surface area contributed by atoms with Crippen LogP contribution in [0.5, 0.6) is 5.75 Å². The van der Waals surface area contributed by atoms with Crippen LogP contribution in [0.15, 0.2) is 34.9 Å². The Labute approximate surface area is 105 Å². The van der Waals surface area contributed by atoms with Crippen molar-refractivity contribution in [3.8, 4) is 5.75 Å². The molecular weight excluding hydrogens is 232 g/mol. The maximum atomic E-state index is 11.8. The fourth-order valence-corrected chi connectivity index (χ4v) is 1.59. The normalized spacial score (nSPS) is 10.1. The highest BCUT2D eigenvalue weighted by atomic mass is 16.5. The zero-order valence-electron chi connectivity index (χ0n) is 10.3. The minimum atomic E-state index is -0.266. The van der Waals surface area contributed by atoms with Crippen molar-refractivity contribution < 1.29 is 14.1 Å². The average Bonchev–Trinajstić information content (AvgIpc) is 2.83. The van der Waals surface area contributed by atoms with Crippen LogP contribution < -0.4 is 10.1 Å². The highest BCUT2D eigenvalue weighted by Gasteiger charge is 2.11. The third kappa shape index (κ3) is 2.68. The number of nitrogens with one attached hydrogen (secondary N) is 1. The van der Waals surface area contributed by atoms with E-state index in [0.29, 0.717) is 12.3 Å². The Morgan fingerprint density at radius 1 is 1.44 bits per heavy atom. The van der Waals surface area contributed by atoms with Crippen molar-refractivity contribution in [1.29, 1.82) is 0 Å². The predicted octanol–water partition coefficient (Wildman–Crippen LogP) is 1.92. The lowest BCUT2D eigenvalue weighted by atomic mass is 10.2. The number of para-hydroxylation sites is 1. The van der Waals surface area contributed by atoms with E-state index in [1.54, 1.807) is 20.1 Å². The third-order valence-corrected chi connectivity index (χ3v) is 2.49. The van der Waals surface area contributed by atoms with Crippen LogP contribution in [0.1, 0.15) is 21.8 Å². The minimum Gasteiger partial charge on any atom is -0.496 e. The van der Waals surface area contributed by atoms with Crippen LogP contribution in [-0.4, -0.2) is 18.2 Å². The topological polar surface area (TPSA) is 64.4 Å². The van der Waals surface area contributed by atoms with E-state index in [4.69, 9.17) is 9.26 Å². The summed E-state index contributed by atoms with van der Waals surface area (Å²) < 4.78 is 10.0. The number of carbonyl (C=O) groups is 1. The Kier molecular flexibility index (Phi) is 3.62. The molecule has 1 amide bonds. The number of rotatable bonds is 4. The number of hydrogen-bond acceptors (Lipinski definition) is 4. The monoisotopic (exact) mass is 246 g/mol. The maximum absolute atomic E-state index is 11.8. The molecule has 0 atom stereocenters. The third-order valence-electron chi connectivity index (χ3n) is 2.49. The molecule has 2 rings (SSSR count). The Hall–Kier alpha value is -2.30. The van der Waals surface area contributed by atoms with Gasteiger partial charge >= 0.3 is 0 Å². The summed E-state index contributed by atoms with van der Waals surface area (Å²) in [5, 5.41) is 6.41. The summed E-state index contributed by atoms with van der Waals surface area (Å²) in [6.07, 6.45) is 0. The number of aromatic nitrogens is 1. The first-order chi connectivity index (χ1) is 8.70. The molecule has 1 N–H and O–H groups in total. The molecule has 0 aliphatic carbocycles. The van der Waals surface area contributed by atoms with E-state index < -0.39 is 0 Å². The van der Waals surface area contributed by atoms with Crippen molar-refractivity contribution in [2.75, 3.05) is 7.11 Å². The van der Waals surface area contributed by atoms with Gasteiger partial charge < -0.3 is 14.6 Å². The average molecular weight is 246 g/mol. The van der Waals surface area contributed by atoms with Gasteiger partial charge in [0.1, 0.15) is 11.5 Å². The van der Waals surface area contributed by atoms with Gasteiger partial charge in [0.2, 0.25) is 0 Å². The van der Waals surface area contributed by atoms with Crippen LogP contribution in [-0.2, 0) is 6.54 Å². The Morgan fingerprint density at radius 3 is 2.89 bits per heavy atom. The summed E-state index contributed by atoms with van der Waals surface area (Å²) in [7, 11) is 1.60. The van der Waals surface area contributed by atoms with Gasteiger partial charge in [0, 0.05) is 18.2 Å². The lowest BCUT2D eigenvalue weighted by Gasteiger charge is -2.08. The molecule has 1 aromatic heterocycles. The zero-order chi connectivity index (χ0) is 13.0. The van der Waals surface area contributed by atoms with Gasteiger partial charge in [-0.1, -0.05) is 23.4 Å². The molecule has 0 saturated heterocycles. The van der Waals surface area contributed by atoms with E-state index in [9.17, 15) is 4.79 Å². The molecule has 0 spiro atoms. The van der Waals surface area contributed by atoms with E-state index in [0.717, 1.165) is 11.3 Å². The molecule has 0 bridgehead atoms. The molecule has 5 heteroatoms. The summed E-state index contributed by atoms with van der Waals surface area (Å²) in [6.45, 7) is 2.12. The summed E-state index contributed by atoms with van der Waals surface area (Å²) in [5.41, 5.74) is 1.19. The molecule has 18 heavy (non-hydrogen) atoms. The second kappa shape index (κ2) is 5.35. The van der Waals surface area contributed by atoms with E-state index in [1.165, 1.54) is 0 Å².